The minimum atomic E-state index is 0.991. The Balaban J connectivity index is 4.35. The normalized spacial score (nSPS) is 11.0. The SMILES string of the molecule is C=C/C(=C\C(=C)CC)N(C)C. The van der Waals surface area contributed by atoms with Gasteiger partial charge in [0, 0.05) is 19.8 Å². The smallest absolute Gasteiger partial charge is 0.0357 e. The maximum absolute atomic E-state index is 3.89. The van der Waals surface area contributed by atoms with Crippen molar-refractivity contribution in [2.75, 3.05) is 14.1 Å². The summed E-state index contributed by atoms with van der Waals surface area (Å²) in [5.41, 5.74) is 2.24. The van der Waals surface area contributed by atoms with Crippen LogP contribution in [0, 0.1) is 0 Å². The van der Waals surface area contributed by atoms with Crippen LogP contribution in [0.5, 0.6) is 0 Å². The molecule has 0 rings (SSSR count). The second kappa shape index (κ2) is 4.78. The molecule has 0 aromatic carbocycles. The summed E-state index contributed by atoms with van der Waals surface area (Å²) in [6.45, 7) is 9.70. The van der Waals surface area contributed by atoms with E-state index < -0.39 is 0 Å². The van der Waals surface area contributed by atoms with Gasteiger partial charge in [0.15, 0.2) is 0 Å². The lowest BCUT2D eigenvalue weighted by Crippen LogP contribution is -2.08. The molecule has 0 spiro atoms. The van der Waals surface area contributed by atoms with Crippen molar-refractivity contribution in [1.82, 2.24) is 4.90 Å². The Hall–Kier alpha value is -0.980. The van der Waals surface area contributed by atoms with Crippen LogP contribution in [0.15, 0.2) is 36.6 Å². The van der Waals surface area contributed by atoms with Crippen LogP contribution >= 0.6 is 0 Å². The zero-order valence-electron chi connectivity index (χ0n) is 7.72. The van der Waals surface area contributed by atoms with Crippen LogP contribution in [0.4, 0.5) is 0 Å². The summed E-state index contributed by atoms with van der Waals surface area (Å²) in [5, 5.41) is 0. The zero-order chi connectivity index (χ0) is 8.85. The van der Waals surface area contributed by atoms with Crippen LogP contribution in [0.2, 0.25) is 0 Å². The molecule has 0 aliphatic heterocycles. The average Bonchev–Trinajstić information content (AvgIpc) is 1.99. The van der Waals surface area contributed by atoms with E-state index in [-0.39, 0.29) is 0 Å². The van der Waals surface area contributed by atoms with E-state index >= 15 is 0 Å². The second-order valence-electron chi connectivity index (χ2n) is 2.68. The summed E-state index contributed by atoms with van der Waals surface area (Å²) < 4.78 is 0. The molecule has 0 saturated heterocycles. The molecule has 0 amide bonds. The van der Waals surface area contributed by atoms with Gasteiger partial charge < -0.3 is 4.90 Å². The number of allylic oxidation sites excluding steroid dienone is 3. The lowest BCUT2D eigenvalue weighted by atomic mass is 10.2. The van der Waals surface area contributed by atoms with Crippen molar-refractivity contribution < 1.29 is 0 Å². The van der Waals surface area contributed by atoms with Gasteiger partial charge in [-0.3, -0.25) is 0 Å². The fraction of sp³-hybridized carbons (Fsp3) is 0.400. The molecule has 0 aromatic heterocycles. The maximum Gasteiger partial charge on any atom is 0.0357 e. The molecule has 62 valence electrons. The van der Waals surface area contributed by atoms with Crippen molar-refractivity contribution in [3.8, 4) is 0 Å². The summed E-state index contributed by atoms with van der Waals surface area (Å²) >= 11 is 0. The molecule has 0 atom stereocenters. The van der Waals surface area contributed by atoms with Crippen LogP contribution in [0.3, 0.4) is 0 Å². The number of nitrogens with zero attached hydrogens (tertiary/aromatic N) is 1. The predicted octanol–water partition coefficient (Wildman–Crippen LogP) is 2.58. The molecule has 0 aromatic rings. The lowest BCUT2D eigenvalue weighted by Gasteiger charge is -2.13. The van der Waals surface area contributed by atoms with Gasteiger partial charge in [0.05, 0.1) is 0 Å². The van der Waals surface area contributed by atoms with Crippen LogP contribution in [-0.2, 0) is 0 Å². The van der Waals surface area contributed by atoms with Crippen LogP contribution in [0.1, 0.15) is 13.3 Å². The Morgan fingerprint density at radius 2 is 2.00 bits per heavy atom. The highest BCUT2D eigenvalue weighted by Gasteiger charge is 1.93. The van der Waals surface area contributed by atoms with E-state index in [0.717, 1.165) is 17.7 Å². The molecule has 0 fully saturated rings. The molecule has 1 heteroatoms. The van der Waals surface area contributed by atoms with Crippen molar-refractivity contribution in [3.63, 3.8) is 0 Å². The van der Waals surface area contributed by atoms with E-state index in [1.54, 1.807) is 0 Å². The molecular weight excluding hydrogens is 134 g/mol. The number of likely N-dealkylation sites (N-methyl/N-ethyl adjacent to an activating group) is 1. The molecule has 0 N–H and O–H groups in total. The topological polar surface area (TPSA) is 3.24 Å². The molecule has 0 aliphatic rings. The van der Waals surface area contributed by atoms with E-state index in [2.05, 4.69) is 20.1 Å². The first-order valence-electron chi connectivity index (χ1n) is 3.81. The van der Waals surface area contributed by atoms with E-state index in [1.807, 2.05) is 31.1 Å². The fourth-order valence-corrected chi connectivity index (χ4v) is 0.682. The van der Waals surface area contributed by atoms with Crippen LogP contribution < -0.4 is 0 Å². The molecule has 0 aliphatic carbocycles. The third-order valence-corrected chi connectivity index (χ3v) is 1.53. The Bertz CT molecular complexity index is 175. The van der Waals surface area contributed by atoms with Crippen molar-refractivity contribution in [2.45, 2.75) is 13.3 Å². The molecule has 0 radical (unpaired) electrons. The molecule has 0 bridgehead atoms. The van der Waals surface area contributed by atoms with Crippen molar-refractivity contribution in [3.05, 3.63) is 36.6 Å². The Labute approximate surface area is 69.7 Å². The minimum absolute atomic E-state index is 0.991. The van der Waals surface area contributed by atoms with E-state index in [0.29, 0.717) is 0 Å². The molecule has 0 heterocycles. The first kappa shape index (κ1) is 10.0. The van der Waals surface area contributed by atoms with E-state index in [4.69, 9.17) is 0 Å². The highest BCUT2D eigenvalue weighted by molar-refractivity contribution is 5.25. The van der Waals surface area contributed by atoms with Gasteiger partial charge in [-0.15, -0.1) is 0 Å². The van der Waals surface area contributed by atoms with Gasteiger partial charge in [0.25, 0.3) is 0 Å². The largest absolute Gasteiger partial charge is 0.378 e. The van der Waals surface area contributed by atoms with Crippen molar-refractivity contribution in [2.24, 2.45) is 0 Å². The third-order valence-electron chi connectivity index (χ3n) is 1.53. The van der Waals surface area contributed by atoms with Crippen LogP contribution in [-0.4, -0.2) is 19.0 Å². The number of hydrogen-bond acceptors (Lipinski definition) is 1. The van der Waals surface area contributed by atoms with Gasteiger partial charge in [-0.2, -0.15) is 0 Å². The highest BCUT2D eigenvalue weighted by atomic mass is 15.1. The van der Waals surface area contributed by atoms with E-state index in [1.165, 1.54) is 0 Å². The summed E-state index contributed by atoms with van der Waals surface area (Å²) in [4.78, 5) is 2.02. The van der Waals surface area contributed by atoms with Gasteiger partial charge in [-0.1, -0.05) is 25.7 Å². The van der Waals surface area contributed by atoms with Crippen molar-refractivity contribution >= 4 is 0 Å². The Kier molecular flexibility index (Phi) is 4.35. The zero-order valence-corrected chi connectivity index (χ0v) is 7.72. The van der Waals surface area contributed by atoms with Gasteiger partial charge in [-0.05, 0) is 18.6 Å². The molecule has 0 saturated carbocycles. The summed E-state index contributed by atoms with van der Waals surface area (Å²) in [6, 6.07) is 0. The molecule has 1 nitrogen and oxygen atoms in total. The summed E-state index contributed by atoms with van der Waals surface area (Å²) in [5.74, 6) is 0. The average molecular weight is 151 g/mol. The number of hydrogen-bond donors (Lipinski definition) is 0. The predicted molar refractivity (Wildman–Crippen MR) is 51.4 cm³/mol. The van der Waals surface area contributed by atoms with Gasteiger partial charge >= 0.3 is 0 Å². The first-order chi connectivity index (χ1) is 5.11. The molecular formula is C10H17N. The fourth-order valence-electron chi connectivity index (χ4n) is 0.682. The Morgan fingerprint density at radius 3 is 2.27 bits per heavy atom. The van der Waals surface area contributed by atoms with Crippen LogP contribution in [0.25, 0.3) is 0 Å². The van der Waals surface area contributed by atoms with Crippen molar-refractivity contribution in [1.29, 1.82) is 0 Å². The first-order valence-corrected chi connectivity index (χ1v) is 3.81. The summed E-state index contributed by atoms with van der Waals surface area (Å²) in [6.07, 6.45) is 4.87. The highest BCUT2D eigenvalue weighted by Crippen LogP contribution is 2.06. The second-order valence-corrected chi connectivity index (χ2v) is 2.68. The van der Waals surface area contributed by atoms with Gasteiger partial charge in [0.2, 0.25) is 0 Å². The number of rotatable bonds is 4. The monoisotopic (exact) mass is 151 g/mol. The molecule has 0 unspecified atom stereocenters. The van der Waals surface area contributed by atoms with Gasteiger partial charge in [-0.25, -0.2) is 0 Å². The Morgan fingerprint density at radius 1 is 1.45 bits per heavy atom. The molecule has 11 heavy (non-hydrogen) atoms. The standard InChI is InChI=1S/C10H17N/c1-6-9(3)8-10(7-2)11(4)5/h7-8H,2-3,6H2,1,4-5H3/b10-8+. The van der Waals surface area contributed by atoms with Gasteiger partial charge in [0.1, 0.15) is 0 Å². The summed E-state index contributed by atoms with van der Waals surface area (Å²) in [7, 11) is 3.99. The quantitative estimate of drug-likeness (QED) is 0.558. The minimum Gasteiger partial charge on any atom is -0.378 e. The third kappa shape index (κ3) is 3.66. The lowest BCUT2D eigenvalue weighted by molar-refractivity contribution is 0.529. The maximum atomic E-state index is 3.89. The van der Waals surface area contributed by atoms with E-state index in [9.17, 15) is 0 Å².